The van der Waals surface area contributed by atoms with Crippen molar-refractivity contribution in [2.45, 2.75) is 25.7 Å². The smallest absolute Gasteiger partial charge is 0.0406 e. The van der Waals surface area contributed by atoms with Crippen molar-refractivity contribution in [2.24, 2.45) is 5.73 Å². The fraction of sp³-hybridized carbons (Fsp3) is 0.455. The molecule has 0 aliphatic carbocycles. The van der Waals surface area contributed by atoms with Gasteiger partial charge in [-0.05, 0) is 43.5 Å². The Labute approximate surface area is 84.9 Å². The lowest BCUT2D eigenvalue weighted by molar-refractivity contribution is 0.686. The molecule has 0 saturated carbocycles. The van der Waals surface area contributed by atoms with Crippen molar-refractivity contribution in [3.8, 4) is 0 Å². The van der Waals surface area contributed by atoms with E-state index in [1.165, 1.54) is 18.4 Å². The van der Waals surface area contributed by atoms with Crippen LogP contribution < -0.4 is 5.73 Å². The van der Waals surface area contributed by atoms with E-state index in [1.807, 2.05) is 12.1 Å². The third kappa shape index (κ3) is 4.30. The Morgan fingerprint density at radius 2 is 1.69 bits per heavy atom. The Bertz CT molecular complexity index is 230. The van der Waals surface area contributed by atoms with E-state index < -0.39 is 0 Å². The molecule has 1 aromatic carbocycles. The molecule has 13 heavy (non-hydrogen) atoms. The van der Waals surface area contributed by atoms with Crippen LogP contribution in [0.4, 0.5) is 0 Å². The van der Waals surface area contributed by atoms with Crippen molar-refractivity contribution in [3.63, 3.8) is 0 Å². The van der Waals surface area contributed by atoms with E-state index in [-0.39, 0.29) is 0 Å². The van der Waals surface area contributed by atoms with Gasteiger partial charge in [-0.1, -0.05) is 30.2 Å². The first-order valence-corrected chi connectivity index (χ1v) is 5.15. The Morgan fingerprint density at radius 1 is 1.00 bits per heavy atom. The highest BCUT2D eigenvalue weighted by atomic mass is 35.5. The Kier molecular flexibility index (Phi) is 4.87. The van der Waals surface area contributed by atoms with Gasteiger partial charge in [-0.3, -0.25) is 0 Å². The molecule has 1 aromatic rings. The van der Waals surface area contributed by atoms with Crippen LogP contribution in [0.5, 0.6) is 0 Å². The molecule has 1 rings (SSSR count). The number of rotatable bonds is 5. The van der Waals surface area contributed by atoms with Crippen LogP contribution in [0.15, 0.2) is 24.3 Å². The van der Waals surface area contributed by atoms with Crippen molar-refractivity contribution in [2.75, 3.05) is 6.54 Å². The lowest BCUT2D eigenvalue weighted by Gasteiger charge is -2.00. The minimum atomic E-state index is 0.806. The van der Waals surface area contributed by atoms with Gasteiger partial charge in [-0.2, -0.15) is 0 Å². The van der Waals surface area contributed by atoms with Gasteiger partial charge in [-0.25, -0.2) is 0 Å². The summed E-state index contributed by atoms with van der Waals surface area (Å²) in [6.07, 6.45) is 4.71. The lowest BCUT2D eigenvalue weighted by atomic mass is 10.1. The molecule has 0 atom stereocenters. The molecule has 0 fully saturated rings. The molecule has 0 aliphatic rings. The zero-order chi connectivity index (χ0) is 9.52. The predicted molar refractivity (Wildman–Crippen MR) is 58.1 cm³/mol. The normalized spacial score (nSPS) is 10.3. The average molecular weight is 198 g/mol. The molecule has 0 radical (unpaired) electrons. The van der Waals surface area contributed by atoms with Gasteiger partial charge in [0.05, 0.1) is 0 Å². The minimum absolute atomic E-state index is 0.806. The topological polar surface area (TPSA) is 26.0 Å². The third-order valence-electron chi connectivity index (χ3n) is 2.08. The minimum Gasteiger partial charge on any atom is -0.330 e. The fourth-order valence-electron chi connectivity index (χ4n) is 1.30. The zero-order valence-corrected chi connectivity index (χ0v) is 8.56. The van der Waals surface area contributed by atoms with Crippen molar-refractivity contribution < 1.29 is 0 Å². The molecule has 0 aliphatic heterocycles. The summed E-state index contributed by atoms with van der Waals surface area (Å²) in [4.78, 5) is 0. The molecule has 0 saturated heterocycles. The summed E-state index contributed by atoms with van der Waals surface area (Å²) in [7, 11) is 0. The summed E-state index contributed by atoms with van der Waals surface area (Å²) >= 11 is 5.78. The predicted octanol–water partition coefficient (Wildman–Crippen LogP) is 3.01. The fourth-order valence-corrected chi connectivity index (χ4v) is 1.43. The second-order valence-electron chi connectivity index (χ2n) is 3.23. The van der Waals surface area contributed by atoms with Crippen LogP contribution in [-0.4, -0.2) is 6.54 Å². The molecular weight excluding hydrogens is 182 g/mol. The lowest BCUT2D eigenvalue weighted by Crippen LogP contribution is -1.98. The van der Waals surface area contributed by atoms with Gasteiger partial charge in [0.25, 0.3) is 0 Å². The van der Waals surface area contributed by atoms with Gasteiger partial charge in [-0.15, -0.1) is 0 Å². The van der Waals surface area contributed by atoms with Crippen LogP contribution in [0, 0.1) is 0 Å². The number of halogens is 1. The number of aryl methyl sites for hydroxylation is 1. The van der Waals surface area contributed by atoms with Crippen molar-refractivity contribution in [1.29, 1.82) is 0 Å². The molecule has 0 aromatic heterocycles. The third-order valence-corrected chi connectivity index (χ3v) is 2.33. The van der Waals surface area contributed by atoms with Crippen LogP contribution in [0.1, 0.15) is 24.8 Å². The van der Waals surface area contributed by atoms with E-state index in [1.54, 1.807) is 0 Å². The first kappa shape index (κ1) is 10.6. The summed E-state index contributed by atoms with van der Waals surface area (Å²) in [6, 6.07) is 8.06. The largest absolute Gasteiger partial charge is 0.330 e. The van der Waals surface area contributed by atoms with E-state index in [9.17, 15) is 0 Å². The van der Waals surface area contributed by atoms with Crippen LogP contribution in [-0.2, 0) is 6.42 Å². The van der Waals surface area contributed by atoms with Gasteiger partial charge in [0.15, 0.2) is 0 Å². The zero-order valence-electron chi connectivity index (χ0n) is 7.80. The maximum absolute atomic E-state index is 5.78. The highest BCUT2D eigenvalue weighted by molar-refractivity contribution is 6.30. The van der Waals surface area contributed by atoms with Gasteiger partial charge in [0, 0.05) is 5.02 Å². The number of nitrogens with two attached hydrogens (primary N) is 1. The highest BCUT2D eigenvalue weighted by Crippen LogP contribution is 2.11. The van der Waals surface area contributed by atoms with E-state index in [4.69, 9.17) is 17.3 Å². The van der Waals surface area contributed by atoms with Crippen molar-refractivity contribution in [3.05, 3.63) is 34.9 Å². The summed E-state index contributed by atoms with van der Waals surface area (Å²) in [5.41, 5.74) is 6.77. The quantitative estimate of drug-likeness (QED) is 0.722. The number of benzene rings is 1. The molecule has 1 nitrogen and oxygen atoms in total. The number of unbranched alkanes of at least 4 members (excludes halogenated alkanes) is 2. The molecule has 0 heterocycles. The average Bonchev–Trinajstić information content (AvgIpc) is 2.15. The molecule has 2 heteroatoms. The molecule has 0 spiro atoms. The first-order valence-electron chi connectivity index (χ1n) is 4.77. The molecule has 72 valence electrons. The van der Waals surface area contributed by atoms with E-state index in [0.29, 0.717) is 0 Å². The molecular formula is C11H16ClN. The highest BCUT2D eigenvalue weighted by Gasteiger charge is 1.93. The van der Waals surface area contributed by atoms with Gasteiger partial charge in [0.1, 0.15) is 0 Å². The van der Waals surface area contributed by atoms with Crippen LogP contribution in [0.25, 0.3) is 0 Å². The summed E-state index contributed by atoms with van der Waals surface area (Å²) < 4.78 is 0. The summed E-state index contributed by atoms with van der Waals surface area (Å²) in [6.45, 7) is 0.806. The standard InChI is InChI=1S/C11H16ClN/c12-11-7-5-10(6-8-11)4-2-1-3-9-13/h5-8H,1-4,9,13H2. The monoisotopic (exact) mass is 197 g/mol. The van der Waals surface area contributed by atoms with Gasteiger partial charge >= 0.3 is 0 Å². The van der Waals surface area contributed by atoms with Crippen LogP contribution in [0.2, 0.25) is 5.02 Å². The first-order chi connectivity index (χ1) is 6.33. The molecule has 2 N–H and O–H groups in total. The van der Waals surface area contributed by atoms with Gasteiger partial charge in [0.2, 0.25) is 0 Å². The van der Waals surface area contributed by atoms with Crippen LogP contribution >= 0.6 is 11.6 Å². The number of hydrogen-bond acceptors (Lipinski definition) is 1. The SMILES string of the molecule is NCCCCCc1ccc(Cl)cc1. The van der Waals surface area contributed by atoms with Crippen LogP contribution in [0.3, 0.4) is 0 Å². The summed E-state index contributed by atoms with van der Waals surface area (Å²) in [5.74, 6) is 0. The van der Waals surface area contributed by atoms with Gasteiger partial charge < -0.3 is 5.73 Å². The maximum atomic E-state index is 5.78. The second kappa shape index (κ2) is 6.01. The van der Waals surface area contributed by atoms with E-state index in [0.717, 1.165) is 24.4 Å². The molecule has 0 unspecified atom stereocenters. The van der Waals surface area contributed by atoms with E-state index in [2.05, 4.69) is 12.1 Å². The molecule has 0 bridgehead atoms. The second-order valence-corrected chi connectivity index (χ2v) is 3.66. The maximum Gasteiger partial charge on any atom is 0.0406 e. The van der Waals surface area contributed by atoms with Crippen molar-refractivity contribution >= 4 is 11.6 Å². The number of hydrogen-bond donors (Lipinski definition) is 1. The Morgan fingerprint density at radius 3 is 2.31 bits per heavy atom. The summed E-state index contributed by atoms with van der Waals surface area (Å²) in [5, 5.41) is 0.811. The van der Waals surface area contributed by atoms with E-state index >= 15 is 0 Å². The Balaban J connectivity index is 2.25. The van der Waals surface area contributed by atoms with Crippen molar-refractivity contribution in [1.82, 2.24) is 0 Å². The Hall–Kier alpha value is -0.530. The molecule has 0 amide bonds.